The fraction of sp³-hybridized carbons (Fsp3) is 1.00. The molecule has 0 radical (unpaired) electrons. The fourth-order valence-electron chi connectivity index (χ4n) is 2.49. The van der Waals surface area contributed by atoms with Gasteiger partial charge in [0, 0.05) is 25.2 Å². The first kappa shape index (κ1) is 12.2. The summed E-state index contributed by atoms with van der Waals surface area (Å²) >= 11 is 0. The predicted molar refractivity (Wildman–Crippen MR) is 61.9 cm³/mol. The first-order chi connectivity index (χ1) is 6.27. The maximum atomic E-state index is 5.99. The lowest BCUT2D eigenvalue weighted by Gasteiger charge is -2.25. The summed E-state index contributed by atoms with van der Waals surface area (Å²) in [6.07, 6.45) is 2.53. The van der Waals surface area contributed by atoms with Gasteiger partial charge in [0.25, 0.3) is 0 Å². The zero-order valence-corrected chi connectivity index (χ0v) is 9.72. The number of rotatable bonds is 2. The maximum Gasteiger partial charge on any atom is 0.0219 e. The molecule has 84 valence electrons. The highest BCUT2D eigenvalue weighted by Gasteiger charge is 2.29. The highest BCUT2D eigenvalue weighted by Crippen LogP contribution is 2.19. The topological polar surface area (TPSA) is 41.3 Å². The second kappa shape index (κ2) is 5.31. The fourth-order valence-corrected chi connectivity index (χ4v) is 2.49. The van der Waals surface area contributed by atoms with E-state index in [1.807, 2.05) is 0 Å². The molecule has 4 heteroatoms. The lowest BCUT2D eigenvalue weighted by Crippen LogP contribution is -2.39. The van der Waals surface area contributed by atoms with E-state index < -0.39 is 0 Å². The van der Waals surface area contributed by atoms with Crippen LogP contribution in [-0.4, -0.2) is 43.2 Å². The van der Waals surface area contributed by atoms with Gasteiger partial charge in [0.05, 0.1) is 0 Å². The number of nitrogens with two attached hydrogens (primary N) is 1. The molecule has 2 rings (SSSR count). The van der Waals surface area contributed by atoms with Gasteiger partial charge in [-0.15, -0.1) is 12.4 Å². The van der Waals surface area contributed by atoms with Crippen LogP contribution in [0.4, 0.5) is 0 Å². The molecule has 0 spiro atoms. The lowest BCUT2D eigenvalue weighted by atomic mass is 10.1. The summed E-state index contributed by atoms with van der Waals surface area (Å²) in [6, 6.07) is 1.01. The number of nitrogens with one attached hydrogen (secondary N) is 1. The van der Waals surface area contributed by atoms with E-state index in [-0.39, 0.29) is 12.4 Å². The minimum Gasteiger partial charge on any atom is -0.326 e. The van der Waals surface area contributed by atoms with Crippen molar-refractivity contribution in [2.45, 2.75) is 31.8 Å². The van der Waals surface area contributed by atoms with Gasteiger partial charge in [-0.1, -0.05) is 0 Å². The zero-order valence-electron chi connectivity index (χ0n) is 8.91. The molecule has 0 bridgehead atoms. The van der Waals surface area contributed by atoms with Crippen LogP contribution in [0.25, 0.3) is 0 Å². The molecular formula is C10H22ClN3. The summed E-state index contributed by atoms with van der Waals surface area (Å²) in [5.74, 6) is 0.868. The standard InChI is InChI=1S/C10H21N3.ClH/c1-8-10(11)3-5-13(8)7-9-2-4-12-6-9;/h8-10,12H,2-7,11H2,1H3;1H. The van der Waals surface area contributed by atoms with Crippen molar-refractivity contribution >= 4 is 12.4 Å². The second-order valence-electron chi connectivity index (χ2n) is 4.55. The second-order valence-corrected chi connectivity index (χ2v) is 4.55. The Balaban J connectivity index is 0.000000980. The summed E-state index contributed by atoms with van der Waals surface area (Å²) in [7, 11) is 0. The molecule has 14 heavy (non-hydrogen) atoms. The van der Waals surface area contributed by atoms with E-state index in [0.717, 1.165) is 5.92 Å². The highest BCUT2D eigenvalue weighted by atomic mass is 35.5. The number of halogens is 1. The first-order valence-electron chi connectivity index (χ1n) is 5.47. The molecule has 3 unspecified atom stereocenters. The van der Waals surface area contributed by atoms with E-state index in [9.17, 15) is 0 Å². The Morgan fingerprint density at radius 3 is 2.71 bits per heavy atom. The molecule has 3 atom stereocenters. The number of likely N-dealkylation sites (tertiary alicyclic amines) is 1. The average molecular weight is 220 g/mol. The molecule has 0 saturated carbocycles. The Kier molecular flexibility index (Phi) is 4.64. The van der Waals surface area contributed by atoms with Gasteiger partial charge in [0.2, 0.25) is 0 Å². The molecule has 2 heterocycles. The van der Waals surface area contributed by atoms with Crippen molar-refractivity contribution < 1.29 is 0 Å². The third kappa shape index (κ3) is 2.60. The van der Waals surface area contributed by atoms with Gasteiger partial charge in [-0.25, -0.2) is 0 Å². The summed E-state index contributed by atoms with van der Waals surface area (Å²) < 4.78 is 0. The van der Waals surface area contributed by atoms with Crippen molar-refractivity contribution in [1.82, 2.24) is 10.2 Å². The SMILES string of the molecule is CC1C(N)CCN1CC1CCNC1.Cl. The molecule has 0 aromatic heterocycles. The number of nitrogens with zero attached hydrogens (tertiary/aromatic N) is 1. The van der Waals surface area contributed by atoms with E-state index in [1.54, 1.807) is 0 Å². The van der Waals surface area contributed by atoms with E-state index in [1.165, 1.54) is 39.0 Å². The van der Waals surface area contributed by atoms with Crippen LogP contribution >= 0.6 is 12.4 Å². The Bertz CT molecular complexity index is 171. The van der Waals surface area contributed by atoms with Gasteiger partial charge in [0.15, 0.2) is 0 Å². The van der Waals surface area contributed by atoms with Crippen molar-refractivity contribution in [3.63, 3.8) is 0 Å². The molecule has 2 aliphatic heterocycles. The van der Waals surface area contributed by atoms with E-state index in [2.05, 4.69) is 17.1 Å². The quantitative estimate of drug-likeness (QED) is 0.709. The molecule has 0 amide bonds. The van der Waals surface area contributed by atoms with Crippen LogP contribution < -0.4 is 11.1 Å². The van der Waals surface area contributed by atoms with Crippen LogP contribution in [0.2, 0.25) is 0 Å². The summed E-state index contributed by atoms with van der Waals surface area (Å²) in [5.41, 5.74) is 5.99. The number of hydrogen-bond acceptors (Lipinski definition) is 3. The van der Waals surface area contributed by atoms with Crippen LogP contribution in [0.15, 0.2) is 0 Å². The molecule has 3 nitrogen and oxygen atoms in total. The first-order valence-corrected chi connectivity index (χ1v) is 5.47. The Hall–Kier alpha value is 0.170. The summed E-state index contributed by atoms with van der Waals surface area (Å²) in [5, 5.41) is 3.41. The lowest BCUT2D eigenvalue weighted by molar-refractivity contribution is 0.225. The van der Waals surface area contributed by atoms with Crippen LogP contribution in [0.5, 0.6) is 0 Å². The van der Waals surface area contributed by atoms with Gasteiger partial charge in [-0.2, -0.15) is 0 Å². The van der Waals surface area contributed by atoms with Gasteiger partial charge in [-0.05, 0) is 38.8 Å². The Morgan fingerprint density at radius 2 is 2.21 bits per heavy atom. The molecule has 0 aromatic rings. The van der Waals surface area contributed by atoms with Gasteiger partial charge in [-0.3, -0.25) is 4.90 Å². The minimum absolute atomic E-state index is 0. The maximum absolute atomic E-state index is 5.99. The van der Waals surface area contributed by atoms with Gasteiger partial charge >= 0.3 is 0 Å². The molecule has 2 fully saturated rings. The van der Waals surface area contributed by atoms with Gasteiger partial charge < -0.3 is 11.1 Å². The zero-order chi connectivity index (χ0) is 9.26. The summed E-state index contributed by atoms with van der Waals surface area (Å²) in [6.45, 7) is 7.14. The van der Waals surface area contributed by atoms with E-state index in [0.29, 0.717) is 12.1 Å². The van der Waals surface area contributed by atoms with Crippen LogP contribution in [0, 0.1) is 5.92 Å². The van der Waals surface area contributed by atoms with Crippen molar-refractivity contribution in [3.05, 3.63) is 0 Å². The van der Waals surface area contributed by atoms with E-state index in [4.69, 9.17) is 5.73 Å². The monoisotopic (exact) mass is 219 g/mol. The van der Waals surface area contributed by atoms with Crippen molar-refractivity contribution in [3.8, 4) is 0 Å². The highest BCUT2D eigenvalue weighted by molar-refractivity contribution is 5.85. The smallest absolute Gasteiger partial charge is 0.0219 e. The summed E-state index contributed by atoms with van der Waals surface area (Å²) in [4.78, 5) is 2.56. The van der Waals surface area contributed by atoms with Gasteiger partial charge in [0.1, 0.15) is 0 Å². The average Bonchev–Trinajstić information content (AvgIpc) is 2.71. The Morgan fingerprint density at radius 1 is 1.43 bits per heavy atom. The van der Waals surface area contributed by atoms with E-state index >= 15 is 0 Å². The van der Waals surface area contributed by atoms with Crippen molar-refractivity contribution in [2.24, 2.45) is 11.7 Å². The third-order valence-electron chi connectivity index (χ3n) is 3.60. The molecule has 0 aromatic carbocycles. The minimum atomic E-state index is 0. The molecule has 3 N–H and O–H groups in total. The normalized spacial score (nSPS) is 38.6. The van der Waals surface area contributed by atoms with Crippen molar-refractivity contribution in [2.75, 3.05) is 26.2 Å². The largest absolute Gasteiger partial charge is 0.326 e. The van der Waals surface area contributed by atoms with Crippen LogP contribution in [0.3, 0.4) is 0 Å². The Labute approximate surface area is 92.8 Å². The third-order valence-corrected chi connectivity index (χ3v) is 3.60. The molecular weight excluding hydrogens is 198 g/mol. The molecule has 0 aliphatic carbocycles. The predicted octanol–water partition coefficient (Wildman–Crippen LogP) is 0.439. The molecule has 2 aliphatic rings. The van der Waals surface area contributed by atoms with Crippen LogP contribution in [-0.2, 0) is 0 Å². The van der Waals surface area contributed by atoms with Crippen molar-refractivity contribution in [1.29, 1.82) is 0 Å². The molecule has 2 saturated heterocycles. The number of hydrogen-bond donors (Lipinski definition) is 2. The van der Waals surface area contributed by atoms with Crippen LogP contribution in [0.1, 0.15) is 19.8 Å².